The highest BCUT2D eigenvalue weighted by molar-refractivity contribution is 5.95. The Morgan fingerprint density at radius 3 is 2.50 bits per heavy atom. The van der Waals surface area contributed by atoms with Crippen LogP contribution in [0.2, 0.25) is 0 Å². The Morgan fingerprint density at radius 2 is 1.86 bits per heavy atom. The van der Waals surface area contributed by atoms with E-state index in [0.29, 0.717) is 17.9 Å². The second-order valence-corrected chi connectivity index (χ2v) is 4.76. The molecule has 0 fully saturated rings. The summed E-state index contributed by atoms with van der Waals surface area (Å²) in [4.78, 5) is 23.6. The molecular formula is C16H17FN2O3. The van der Waals surface area contributed by atoms with Crippen LogP contribution in [0.5, 0.6) is 0 Å². The van der Waals surface area contributed by atoms with Gasteiger partial charge in [-0.05, 0) is 50.2 Å². The molecule has 1 heterocycles. The second-order valence-electron chi connectivity index (χ2n) is 4.76. The van der Waals surface area contributed by atoms with Gasteiger partial charge in [-0.3, -0.25) is 9.59 Å². The van der Waals surface area contributed by atoms with Gasteiger partial charge in [0.05, 0.1) is 0 Å². The molecule has 2 rings (SSSR count). The van der Waals surface area contributed by atoms with Gasteiger partial charge >= 0.3 is 0 Å². The second kappa shape index (κ2) is 6.89. The van der Waals surface area contributed by atoms with Crippen LogP contribution in [0.25, 0.3) is 11.3 Å². The van der Waals surface area contributed by atoms with E-state index in [1.165, 1.54) is 18.2 Å². The van der Waals surface area contributed by atoms with Crippen LogP contribution in [-0.4, -0.2) is 24.4 Å². The molecule has 0 aliphatic rings. The molecule has 6 heteroatoms. The zero-order chi connectivity index (χ0) is 16.1. The third kappa shape index (κ3) is 3.72. The van der Waals surface area contributed by atoms with E-state index in [1.807, 2.05) is 0 Å². The van der Waals surface area contributed by atoms with Crippen LogP contribution in [0.15, 0.2) is 40.8 Å². The average Bonchev–Trinajstić information content (AvgIpc) is 2.98. The number of nitrogens with one attached hydrogen (secondary N) is 2. The Morgan fingerprint density at radius 1 is 1.18 bits per heavy atom. The summed E-state index contributed by atoms with van der Waals surface area (Å²) >= 11 is 0. The number of hydrogen-bond acceptors (Lipinski definition) is 3. The van der Waals surface area contributed by atoms with Crippen LogP contribution < -0.4 is 10.6 Å². The van der Waals surface area contributed by atoms with E-state index in [9.17, 15) is 14.0 Å². The summed E-state index contributed by atoms with van der Waals surface area (Å²) in [6, 6.07) is 8.23. The van der Waals surface area contributed by atoms with E-state index >= 15 is 0 Å². The molecule has 0 aliphatic heterocycles. The van der Waals surface area contributed by atoms with E-state index < -0.39 is 11.9 Å². The monoisotopic (exact) mass is 304 g/mol. The molecule has 5 nitrogen and oxygen atoms in total. The molecule has 2 amide bonds. The quantitative estimate of drug-likeness (QED) is 0.890. The van der Waals surface area contributed by atoms with Crippen molar-refractivity contribution < 1.29 is 18.4 Å². The summed E-state index contributed by atoms with van der Waals surface area (Å²) in [6.07, 6.45) is 0. The van der Waals surface area contributed by atoms with Crippen LogP contribution >= 0.6 is 0 Å². The molecule has 0 saturated carbocycles. The maximum atomic E-state index is 12.9. The number of furan rings is 1. The zero-order valence-corrected chi connectivity index (χ0v) is 12.4. The van der Waals surface area contributed by atoms with Gasteiger partial charge in [0.25, 0.3) is 5.91 Å². The summed E-state index contributed by atoms with van der Waals surface area (Å²) in [5.41, 5.74) is 0.664. The summed E-state index contributed by atoms with van der Waals surface area (Å²) in [5.74, 6) is -0.538. The van der Waals surface area contributed by atoms with Crippen molar-refractivity contribution in [1.29, 1.82) is 0 Å². The summed E-state index contributed by atoms with van der Waals surface area (Å²) in [5, 5.41) is 5.17. The SMILES string of the molecule is CCNC(=O)[C@H](C)NC(=O)c1ccc(-c2ccc(F)cc2)o1. The molecule has 1 aromatic heterocycles. The first kappa shape index (κ1) is 15.8. The van der Waals surface area contributed by atoms with Gasteiger partial charge in [-0.2, -0.15) is 0 Å². The molecule has 1 aromatic carbocycles. The normalized spacial score (nSPS) is 11.8. The van der Waals surface area contributed by atoms with Crippen molar-refractivity contribution >= 4 is 11.8 Å². The average molecular weight is 304 g/mol. The predicted octanol–water partition coefficient (Wildman–Crippen LogP) is 2.34. The highest BCUT2D eigenvalue weighted by Gasteiger charge is 2.18. The van der Waals surface area contributed by atoms with E-state index in [-0.39, 0.29) is 17.5 Å². The molecule has 0 bridgehead atoms. The largest absolute Gasteiger partial charge is 0.451 e. The number of benzene rings is 1. The van der Waals surface area contributed by atoms with Gasteiger partial charge in [-0.15, -0.1) is 0 Å². The Kier molecular flexibility index (Phi) is 4.93. The molecule has 0 radical (unpaired) electrons. The van der Waals surface area contributed by atoms with Crippen molar-refractivity contribution in [2.24, 2.45) is 0 Å². The Bertz CT molecular complexity index is 664. The Balaban J connectivity index is 2.06. The lowest BCUT2D eigenvalue weighted by molar-refractivity contribution is -0.122. The smallest absolute Gasteiger partial charge is 0.287 e. The molecular weight excluding hydrogens is 287 g/mol. The molecule has 22 heavy (non-hydrogen) atoms. The molecule has 0 saturated heterocycles. The topological polar surface area (TPSA) is 71.3 Å². The molecule has 2 N–H and O–H groups in total. The highest BCUT2D eigenvalue weighted by atomic mass is 19.1. The van der Waals surface area contributed by atoms with E-state index in [1.54, 1.807) is 32.0 Å². The van der Waals surface area contributed by atoms with Crippen LogP contribution in [0.1, 0.15) is 24.4 Å². The Hall–Kier alpha value is -2.63. The number of hydrogen-bond donors (Lipinski definition) is 2. The number of amides is 2. The van der Waals surface area contributed by atoms with Crippen molar-refractivity contribution in [3.8, 4) is 11.3 Å². The number of carbonyl (C=O) groups is 2. The van der Waals surface area contributed by atoms with Gasteiger partial charge in [0.1, 0.15) is 17.6 Å². The van der Waals surface area contributed by atoms with Crippen LogP contribution in [0.4, 0.5) is 4.39 Å². The van der Waals surface area contributed by atoms with E-state index in [0.717, 1.165) is 0 Å². The standard InChI is InChI=1S/C16H17FN2O3/c1-3-18-15(20)10(2)19-16(21)14-9-8-13(22-14)11-4-6-12(17)7-5-11/h4-10H,3H2,1-2H3,(H,18,20)(H,19,21)/t10-/m0/s1. The highest BCUT2D eigenvalue weighted by Crippen LogP contribution is 2.22. The lowest BCUT2D eigenvalue weighted by Crippen LogP contribution is -2.44. The number of rotatable bonds is 5. The number of halogens is 1. The molecule has 0 aliphatic carbocycles. The van der Waals surface area contributed by atoms with E-state index in [2.05, 4.69) is 10.6 Å². The number of carbonyl (C=O) groups excluding carboxylic acids is 2. The molecule has 116 valence electrons. The molecule has 1 atom stereocenters. The summed E-state index contributed by atoms with van der Waals surface area (Å²) in [6.45, 7) is 3.88. The number of likely N-dealkylation sites (N-methyl/N-ethyl adjacent to an activating group) is 1. The third-order valence-corrected chi connectivity index (χ3v) is 3.05. The van der Waals surface area contributed by atoms with Crippen molar-refractivity contribution in [2.45, 2.75) is 19.9 Å². The van der Waals surface area contributed by atoms with Crippen LogP contribution in [0, 0.1) is 5.82 Å². The van der Waals surface area contributed by atoms with Gasteiger partial charge in [0.2, 0.25) is 5.91 Å². The minimum Gasteiger partial charge on any atom is -0.451 e. The minimum absolute atomic E-state index is 0.0930. The van der Waals surface area contributed by atoms with Crippen molar-refractivity contribution in [3.63, 3.8) is 0 Å². The van der Waals surface area contributed by atoms with Crippen molar-refractivity contribution in [3.05, 3.63) is 48.0 Å². The first-order chi connectivity index (χ1) is 10.5. The lowest BCUT2D eigenvalue weighted by Gasteiger charge is -2.12. The minimum atomic E-state index is -0.660. The maximum Gasteiger partial charge on any atom is 0.287 e. The van der Waals surface area contributed by atoms with Crippen LogP contribution in [0.3, 0.4) is 0 Å². The van der Waals surface area contributed by atoms with Gasteiger partial charge in [-0.25, -0.2) is 4.39 Å². The fourth-order valence-electron chi connectivity index (χ4n) is 1.89. The van der Waals surface area contributed by atoms with Gasteiger partial charge in [0.15, 0.2) is 5.76 Å². The van der Waals surface area contributed by atoms with Crippen LogP contribution in [-0.2, 0) is 4.79 Å². The Labute approximate surface area is 127 Å². The van der Waals surface area contributed by atoms with Crippen molar-refractivity contribution in [1.82, 2.24) is 10.6 Å². The van der Waals surface area contributed by atoms with Gasteiger partial charge in [0, 0.05) is 12.1 Å². The zero-order valence-electron chi connectivity index (χ0n) is 12.4. The first-order valence-electron chi connectivity index (χ1n) is 6.95. The third-order valence-electron chi connectivity index (χ3n) is 3.05. The fraction of sp³-hybridized carbons (Fsp3) is 0.250. The molecule has 0 spiro atoms. The summed E-state index contributed by atoms with van der Waals surface area (Å²) in [7, 11) is 0. The van der Waals surface area contributed by atoms with E-state index in [4.69, 9.17) is 4.42 Å². The van der Waals surface area contributed by atoms with Gasteiger partial charge in [-0.1, -0.05) is 0 Å². The predicted molar refractivity (Wildman–Crippen MR) is 79.7 cm³/mol. The maximum absolute atomic E-state index is 12.9. The summed E-state index contributed by atoms with van der Waals surface area (Å²) < 4.78 is 18.3. The lowest BCUT2D eigenvalue weighted by atomic mass is 10.2. The molecule has 0 unspecified atom stereocenters. The van der Waals surface area contributed by atoms with Gasteiger partial charge < -0.3 is 15.1 Å². The van der Waals surface area contributed by atoms with Crippen molar-refractivity contribution in [2.75, 3.05) is 6.54 Å². The first-order valence-corrected chi connectivity index (χ1v) is 6.95. The fourth-order valence-corrected chi connectivity index (χ4v) is 1.89. The molecule has 2 aromatic rings.